The highest BCUT2D eigenvalue weighted by Gasteiger charge is 2.27. The number of esters is 1. The average Bonchev–Trinajstić information content (AvgIpc) is 2.75. The summed E-state index contributed by atoms with van der Waals surface area (Å²) >= 11 is 0. The molecule has 1 aliphatic heterocycles. The van der Waals surface area contributed by atoms with Gasteiger partial charge in [-0.1, -0.05) is 30.3 Å². The number of piperidine rings is 1. The van der Waals surface area contributed by atoms with Crippen LogP contribution >= 0.6 is 0 Å². The number of nitrogens with one attached hydrogen (secondary N) is 1. The molecule has 1 fully saturated rings. The SMILES string of the molecule is CCOC(=O)C1CCN(NC(=O)[C@@H](N)Cc2cccc(Oc3ccccc3)c2)CC1. The molecule has 2 aromatic carbocycles. The van der Waals surface area contributed by atoms with Crippen molar-refractivity contribution < 1.29 is 19.1 Å². The highest BCUT2D eigenvalue weighted by Crippen LogP contribution is 2.22. The van der Waals surface area contributed by atoms with Crippen molar-refractivity contribution in [1.29, 1.82) is 0 Å². The van der Waals surface area contributed by atoms with E-state index in [0.29, 0.717) is 44.7 Å². The first-order valence-electron chi connectivity index (χ1n) is 10.3. The van der Waals surface area contributed by atoms with Gasteiger partial charge in [0.05, 0.1) is 18.6 Å². The lowest BCUT2D eigenvalue weighted by Crippen LogP contribution is -2.53. The van der Waals surface area contributed by atoms with Crippen molar-refractivity contribution in [3.05, 3.63) is 60.2 Å². The lowest BCUT2D eigenvalue weighted by atomic mass is 9.98. The van der Waals surface area contributed by atoms with Crippen molar-refractivity contribution in [2.75, 3.05) is 19.7 Å². The molecule has 1 saturated heterocycles. The van der Waals surface area contributed by atoms with E-state index in [1.807, 2.05) is 59.6 Å². The quantitative estimate of drug-likeness (QED) is 0.649. The molecule has 3 N–H and O–H groups in total. The lowest BCUT2D eigenvalue weighted by Gasteiger charge is -2.31. The molecule has 0 aromatic heterocycles. The molecule has 0 radical (unpaired) electrons. The first-order valence-corrected chi connectivity index (χ1v) is 10.3. The molecule has 0 saturated carbocycles. The van der Waals surface area contributed by atoms with Gasteiger partial charge in [-0.25, -0.2) is 5.01 Å². The van der Waals surface area contributed by atoms with Crippen LogP contribution in [0.1, 0.15) is 25.3 Å². The second-order valence-corrected chi connectivity index (χ2v) is 7.36. The van der Waals surface area contributed by atoms with Gasteiger partial charge in [0.2, 0.25) is 0 Å². The fourth-order valence-electron chi connectivity index (χ4n) is 3.43. The van der Waals surface area contributed by atoms with E-state index in [4.69, 9.17) is 15.2 Å². The number of hydrazine groups is 1. The smallest absolute Gasteiger partial charge is 0.309 e. The predicted molar refractivity (Wildman–Crippen MR) is 114 cm³/mol. The van der Waals surface area contributed by atoms with Crippen LogP contribution in [0.15, 0.2) is 54.6 Å². The van der Waals surface area contributed by atoms with E-state index >= 15 is 0 Å². The number of nitrogens with zero attached hydrogens (tertiary/aromatic N) is 1. The van der Waals surface area contributed by atoms with Crippen LogP contribution in [-0.4, -0.2) is 42.6 Å². The number of nitrogens with two attached hydrogens (primary N) is 1. The normalized spacial score (nSPS) is 15.9. The molecule has 0 spiro atoms. The van der Waals surface area contributed by atoms with Crippen molar-refractivity contribution in [1.82, 2.24) is 10.4 Å². The Morgan fingerprint density at radius 1 is 1.10 bits per heavy atom. The summed E-state index contributed by atoms with van der Waals surface area (Å²) in [5.41, 5.74) is 9.92. The third-order valence-corrected chi connectivity index (χ3v) is 5.05. The van der Waals surface area contributed by atoms with E-state index in [-0.39, 0.29) is 17.8 Å². The summed E-state index contributed by atoms with van der Waals surface area (Å²) in [5.74, 6) is 0.964. The number of carbonyl (C=O) groups excluding carboxylic acids is 2. The van der Waals surface area contributed by atoms with E-state index in [1.54, 1.807) is 6.92 Å². The van der Waals surface area contributed by atoms with Crippen LogP contribution in [0.25, 0.3) is 0 Å². The van der Waals surface area contributed by atoms with Crippen LogP contribution < -0.4 is 15.9 Å². The minimum atomic E-state index is -0.681. The molecule has 7 nitrogen and oxygen atoms in total. The van der Waals surface area contributed by atoms with Crippen LogP contribution in [0.2, 0.25) is 0 Å². The van der Waals surface area contributed by atoms with Crippen LogP contribution in [0, 0.1) is 5.92 Å². The van der Waals surface area contributed by atoms with Gasteiger partial charge >= 0.3 is 5.97 Å². The van der Waals surface area contributed by atoms with Crippen molar-refractivity contribution in [3.63, 3.8) is 0 Å². The Morgan fingerprint density at radius 3 is 2.50 bits per heavy atom. The summed E-state index contributed by atoms with van der Waals surface area (Å²) in [6, 6.07) is 16.4. The minimum absolute atomic E-state index is 0.0980. The standard InChI is InChI=1S/C23H29N3O4/c1-2-29-23(28)18-11-13-26(14-12-18)25-22(27)21(24)16-17-7-6-10-20(15-17)30-19-8-4-3-5-9-19/h3-10,15,18,21H,2,11-14,16,24H2,1H3,(H,25,27)/t21-/m0/s1. The maximum atomic E-state index is 12.5. The van der Waals surface area contributed by atoms with Gasteiger partial charge in [-0.2, -0.15) is 0 Å². The summed E-state index contributed by atoms with van der Waals surface area (Å²) < 4.78 is 10.9. The Balaban J connectivity index is 1.48. The van der Waals surface area contributed by atoms with Crippen molar-refractivity contribution >= 4 is 11.9 Å². The number of amides is 1. The molecule has 1 aliphatic rings. The summed E-state index contributed by atoms with van der Waals surface area (Å²) in [5, 5.41) is 1.83. The molecule has 0 aliphatic carbocycles. The van der Waals surface area contributed by atoms with Gasteiger partial charge in [0.25, 0.3) is 5.91 Å². The van der Waals surface area contributed by atoms with E-state index in [1.165, 1.54) is 0 Å². The predicted octanol–water partition coefficient (Wildman–Crippen LogP) is 2.66. The van der Waals surface area contributed by atoms with E-state index in [9.17, 15) is 9.59 Å². The fraction of sp³-hybridized carbons (Fsp3) is 0.391. The van der Waals surface area contributed by atoms with Crippen molar-refractivity contribution in [3.8, 4) is 11.5 Å². The first-order chi connectivity index (χ1) is 14.5. The third kappa shape index (κ3) is 6.30. The van der Waals surface area contributed by atoms with E-state index in [2.05, 4.69) is 5.43 Å². The van der Waals surface area contributed by atoms with E-state index in [0.717, 1.165) is 11.3 Å². The number of ether oxygens (including phenoxy) is 2. The Hall–Kier alpha value is -2.90. The second-order valence-electron chi connectivity index (χ2n) is 7.36. The average molecular weight is 412 g/mol. The van der Waals surface area contributed by atoms with Gasteiger partial charge in [0.1, 0.15) is 11.5 Å². The van der Waals surface area contributed by atoms with Gasteiger partial charge in [0.15, 0.2) is 0 Å². The van der Waals surface area contributed by atoms with Crippen molar-refractivity contribution in [2.24, 2.45) is 11.7 Å². The zero-order valence-electron chi connectivity index (χ0n) is 17.3. The molecule has 0 bridgehead atoms. The first kappa shape index (κ1) is 21.8. The number of carbonyl (C=O) groups is 2. The highest BCUT2D eigenvalue weighted by molar-refractivity contribution is 5.81. The van der Waals surface area contributed by atoms with Crippen LogP contribution in [0.3, 0.4) is 0 Å². The molecular weight excluding hydrogens is 382 g/mol. The second kappa shape index (κ2) is 10.8. The van der Waals surface area contributed by atoms with Crippen molar-refractivity contribution in [2.45, 2.75) is 32.2 Å². The van der Waals surface area contributed by atoms with Gasteiger partial charge in [-0.05, 0) is 56.0 Å². The fourth-order valence-corrected chi connectivity index (χ4v) is 3.43. The molecule has 1 atom stereocenters. The van der Waals surface area contributed by atoms with Crippen LogP contribution in [-0.2, 0) is 20.7 Å². The molecule has 160 valence electrons. The molecule has 1 amide bonds. The molecule has 7 heteroatoms. The molecule has 0 unspecified atom stereocenters. The summed E-state index contributed by atoms with van der Waals surface area (Å²) in [6.07, 6.45) is 1.72. The van der Waals surface area contributed by atoms with Crippen LogP contribution in [0.5, 0.6) is 11.5 Å². The van der Waals surface area contributed by atoms with Gasteiger partial charge in [-0.15, -0.1) is 0 Å². The Labute approximate surface area is 177 Å². The van der Waals surface area contributed by atoms with Gasteiger partial charge in [0, 0.05) is 13.1 Å². The summed E-state index contributed by atoms with van der Waals surface area (Å²) in [6.45, 7) is 3.39. The zero-order chi connectivity index (χ0) is 21.3. The Kier molecular flexibility index (Phi) is 7.82. The highest BCUT2D eigenvalue weighted by atomic mass is 16.5. The lowest BCUT2D eigenvalue weighted by molar-refractivity contribution is -0.150. The Bertz CT molecular complexity index is 835. The maximum absolute atomic E-state index is 12.5. The molecule has 2 aromatic rings. The largest absolute Gasteiger partial charge is 0.466 e. The summed E-state index contributed by atoms with van der Waals surface area (Å²) in [4.78, 5) is 24.3. The minimum Gasteiger partial charge on any atom is -0.466 e. The van der Waals surface area contributed by atoms with Gasteiger partial charge < -0.3 is 15.2 Å². The van der Waals surface area contributed by atoms with E-state index < -0.39 is 6.04 Å². The molecule has 3 rings (SSSR count). The Morgan fingerprint density at radius 2 is 1.80 bits per heavy atom. The number of rotatable bonds is 8. The number of para-hydroxylation sites is 1. The number of hydrogen-bond donors (Lipinski definition) is 2. The molecule has 1 heterocycles. The number of benzene rings is 2. The molecule has 30 heavy (non-hydrogen) atoms. The monoisotopic (exact) mass is 411 g/mol. The zero-order valence-corrected chi connectivity index (χ0v) is 17.3. The summed E-state index contributed by atoms with van der Waals surface area (Å²) in [7, 11) is 0. The van der Waals surface area contributed by atoms with Crippen LogP contribution in [0.4, 0.5) is 0 Å². The molecular formula is C23H29N3O4. The number of hydrogen-bond acceptors (Lipinski definition) is 6. The third-order valence-electron chi connectivity index (χ3n) is 5.05. The van der Waals surface area contributed by atoms with Gasteiger partial charge in [-0.3, -0.25) is 15.0 Å². The maximum Gasteiger partial charge on any atom is 0.309 e. The topological polar surface area (TPSA) is 93.9 Å².